The van der Waals surface area contributed by atoms with Crippen molar-refractivity contribution in [3.63, 3.8) is 0 Å². The molecular weight excluding hydrogens is 320 g/mol. The van der Waals surface area contributed by atoms with Gasteiger partial charge in [-0.25, -0.2) is 0 Å². The van der Waals surface area contributed by atoms with Gasteiger partial charge in [0.25, 0.3) is 0 Å². The predicted octanol–water partition coefficient (Wildman–Crippen LogP) is 4.64. The van der Waals surface area contributed by atoms with Gasteiger partial charge < -0.3 is 4.74 Å². The highest BCUT2D eigenvalue weighted by atomic mass is 79.9. The molecule has 0 aliphatic carbocycles. The fourth-order valence-corrected chi connectivity index (χ4v) is 2.07. The summed E-state index contributed by atoms with van der Waals surface area (Å²) < 4.78 is 5.39. The van der Waals surface area contributed by atoms with Crippen LogP contribution in [0, 0.1) is 0 Å². The molecule has 0 atom stereocenters. The number of hydrogen-bond acceptors (Lipinski definition) is 1. The van der Waals surface area contributed by atoms with Gasteiger partial charge in [0.2, 0.25) is 0 Å². The van der Waals surface area contributed by atoms with E-state index < -0.39 is 0 Å². The van der Waals surface area contributed by atoms with Gasteiger partial charge in [-0.05, 0) is 34.5 Å². The fraction of sp³-hybridized carbons (Fsp3) is 0.167. The molecule has 2 aromatic carbocycles. The zero-order valence-electron chi connectivity index (χ0n) is 8.21. The van der Waals surface area contributed by atoms with Gasteiger partial charge >= 0.3 is 0 Å². The second-order valence-electron chi connectivity index (χ2n) is 3.27. The van der Waals surface area contributed by atoms with Crippen molar-refractivity contribution in [3.05, 3.63) is 42.0 Å². The fourth-order valence-electron chi connectivity index (χ4n) is 1.51. The van der Waals surface area contributed by atoms with Crippen LogP contribution >= 0.6 is 31.9 Å². The number of methoxy groups -OCH3 is 1. The molecule has 0 N–H and O–H groups in total. The summed E-state index contributed by atoms with van der Waals surface area (Å²) in [6, 6.07) is 12.4. The summed E-state index contributed by atoms with van der Waals surface area (Å²) in [4.78, 5) is 0. The summed E-state index contributed by atoms with van der Waals surface area (Å²) in [7, 11) is 1.68. The molecular formula is C12H10Br2O. The first-order valence-electron chi connectivity index (χ1n) is 4.56. The minimum atomic E-state index is 0.205. The van der Waals surface area contributed by atoms with Crippen molar-refractivity contribution in [1.29, 1.82) is 0 Å². The zero-order valence-corrected chi connectivity index (χ0v) is 11.4. The Morgan fingerprint density at radius 2 is 1.67 bits per heavy atom. The van der Waals surface area contributed by atoms with Gasteiger partial charge in [-0.15, -0.1) is 0 Å². The number of benzene rings is 2. The van der Waals surface area contributed by atoms with Gasteiger partial charge in [-0.1, -0.05) is 50.1 Å². The molecule has 0 heterocycles. The van der Waals surface area contributed by atoms with Gasteiger partial charge in [0.1, 0.15) is 5.75 Å². The van der Waals surface area contributed by atoms with Crippen LogP contribution in [-0.2, 0) is 0 Å². The van der Waals surface area contributed by atoms with Gasteiger partial charge in [0, 0.05) is 0 Å². The molecule has 0 unspecified atom stereocenters. The van der Waals surface area contributed by atoms with Gasteiger partial charge in [-0.3, -0.25) is 0 Å². The minimum absolute atomic E-state index is 0.205. The van der Waals surface area contributed by atoms with E-state index in [-0.39, 0.29) is 3.74 Å². The largest absolute Gasteiger partial charge is 0.497 e. The summed E-state index contributed by atoms with van der Waals surface area (Å²) in [6.07, 6.45) is 0. The molecule has 0 aromatic heterocycles. The smallest absolute Gasteiger partial charge is 0.119 e. The summed E-state index contributed by atoms with van der Waals surface area (Å²) in [5.41, 5.74) is 1.22. The Morgan fingerprint density at radius 1 is 1.00 bits per heavy atom. The first-order valence-corrected chi connectivity index (χ1v) is 6.39. The topological polar surface area (TPSA) is 9.23 Å². The highest BCUT2D eigenvalue weighted by molar-refractivity contribution is 9.24. The molecule has 0 bridgehead atoms. The molecule has 0 spiro atoms. The van der Waals surface area contributed by atoms with Crippen LogP contribution in [0.25, 0.3) is 10.8 Å². The van der Waals surface area contributed by atoms with Crippen LogP contribution < -0.4 is 4.74 Å². The average molecular weight is 330 g/mol. The van der Waals surface area contributed by atoms with Crippen molar-refractivity contribution in [1.82, 2.24) is 0 Å². The van der Waals surface area contributed by atoms with Crippen LogP contribution in [0.4, 0.5) is 0 Å². The van der Waals surface area contributed by atoms with Crippen LogP contribution in [-0.4, -0.2) is 7.11 Å². The van der Waals surface area contributed by atoms with Crippen molar-refractivity contribution < 1.29 is 4.74 Å². The molecule has 2 aromatic rings. The molecule has 0 fully saturated rings. The van der Waals surface area contributed by atoms with E-state index in [0.29, 0.717) is 0 Å². The van der Waals surface area contributed by atoms with E-state index in [1.54, 1.807) is 7.11 Å². The quantitative estimate of drug-likeness (QED) is 0.729. The lowest BCUT2D eigenvalue weighted by Gasteiger charge is -2.06. The van der Waals surface area contributed by atoms with Crippen molar-refractivity contribution >= 4 is 42.6 Å². The maximum Gasteiger partial charge on any atom is 0.119 e. The number of halogens is 2. The molecule has 0 amide bonds. The summed E-state index contributed by atoms with van der Waals surface area (Å²) >= 11 is 6.98. The van der Waals surface area contributed by atoms with Crippen molar-refractivity contribution in [3.8, 4) is 5.75 Å². The van der Waals surface area contributed by atoms with E-state index in [1.807, 2.05) is 12.1 Å². The molecule has 78 valence electrons. The molecule has 0 aliphatic rings. The van der Waals surface area contributed by atoms with Crippen molar-refractivity contribution in [2.24, 2.45) is 0 Å². The first kappa shape index (κ1) is 11.0. The lowest BCUT2D eigenvalue weighted by molar-refractivity contribution is 0.415. The van der Waals surface area contributed by atoms with Crippen LogP contribution in [0.1, 0.15) is 9.30 Å². The number of rotatable bonds is 2. The first-order chi connectivity index (χ1) is 7.20. The Kier molecular flexibility index (Phi) is 3.32. The van der Waals surface area contributed by atoms with E-state index in [1.165, 1.54) is 16.3 Å². The van der Waals surface area contributed by atoms with Crippen molar-refractivity contribution in [2.75, 3.05) is 7.11 Å². The maximum atomic E-state index is 5.18. The zero-order chi connectivity index (χ0) is 10.8. The van der Waals surface area contributed by atoms with Gasteiger partial charge in [0.15, 0.2) is 0 Å². The van der Waals surface area contributed by atoms with E-state index in [4.69, 9.17) is 4.74 Å². The highest BCUT2D eigenvalue weighted by Gasteiger charge is 2.03. The number of hydrogen-bond donors (Lipinski definition) is 0. The second kappa shape index (κ2) is 4.54. The normalized spacial score (nSPS) is 10.9. The van der Waals surface area contributed by atoms with Gasteiger partial charge in [-0.2, -0.15) is 0 Å². The van der Waals surface area contributed by atoms with E-state index in [0.717, 1.165) is 5.75 Å². The average Bonchev–Trinajstić information content (AvgIpc) is 2.27. The third-order valence-corrected chi connectivity index (χ3v) is 3.38. The third kappa shape index (κ3) is 2.34. The van der Waals surface area contributed by atoms with Crippen LogP contribution in [0.15, 0.2) is 36.4 Å². The molecule has 2 rings (SSSR count). The Morgan fingerprint density at radius 3 is 2.33 bits per heavy atom. The Bertz CT molecular complexity index is 480. The van der Waals surface area contributed by atoms with Crippen molar-refractivity contribution in [2.45, 2.75) is 3.74 Å². The van der Waals surface area contributed by atoms with Crippen LogP contribution in [0.2, 0.25) is 0 Å². The molecule has 0 saturated carbocycles. The molecule has 0 radical (unpaired) electrons. The lowest BCUT2D eigenvalue weighted by Crippen LogP contribution is -1.84. The molecule has 1 nitrogen and oxygen atoms in total. The Hall–Kier alpha value is -0.540. The predicted molar refractivity (Wildman–Crippen MR) is 71.1 cm³/mol. The standard InChI is InChI=1S/C12H10Br2O/c1-15-11-5-4-8-6-10(12(13)14)3-2-9(8)7-11/h2-7,12H,1H3. The molecule has 0 aliphatic heterocycles. The van der Waals surface area contributed by atoms with Crippen LogP contribution in [0.3, 0.4) is 0 Å². The van der Waals surface area contributed by atoms with E-state index in [9.17, 15) is 0 Å². The highest BCUT2D eigenvalue weighted by Crippen LogP contribution is 2.31. The minimum Gasteiger partial charge on any atom is -0.497 e. The summed E-state index contributed by atoms with van der Waals surface area (Å²) in [5, 5.41) is 2.41. The lowest BCUT2D eigenvalue weighted by atomic mass is 10.1. The number of ether oxygens (including phenoxy) is 1. The number of fused-ring (bicyclic) bond motifs is 1. The maximum absolute atomic E-state index is 5.18. The molecule has 3 heteroatoms. The second-order valence-corrected chi connectivity index (χ2v) is 6.33. The number of alkyl halides is 2. The summed E-state index contributed by atoms with van der Waals surface area (Å²) in [6.45, 7) is 0. The Balaban J connectivity index is 2.55. The van der Waals surface area contributed by atoms with E-state index >= 15 is 0 Å². The Labute approximate surface area is 106 Å². The van der Waals surface area contributed by atoms with E-state index in [2.05, 4.69) is 56.1 Å². The SMILES string of the molecule is COc1ccc2cc(C(Br)Br)ccc2c1. The molecule has 0 saturated heterocycles. The monoisotopic (exact) mass is 328 g/mol. The third-order valence-electron chi connectivity index (χ3n) is 2.32. The summed E-state index contributed by atoms with van der Waals surface area (Å²) in [5.74, 6) is 0.893. The van der Waals surface area contributed by atoms with Crippen LogP contribution in [0.5, 0.6) is 5.75 Å². The molecule has 15 heavy (non-hydrogen) atoms. The van der Waals surface area contributed by atoms with Gasteiger partial charge in [0.05, 0.1) is 10.8 Å².